The van der Waals surface area contributed by atoms with Crippen molar-refractivity contribution in [2.75, 3.05) is 13.2 Å². The fourth-order valence-electron chi connectivity index (χ4n) is 7.71. The Labute approximate surface area is 324 Å². The van der Waals surface area contributed by atoms with E-state index in [1.165, 1.54) is 92.9 Å². The van der Waals surface area contributed by atoms with Gasteiger partial charge in [-0.25, -0.2) is 0 Å². The van der Waals surface area contributed by atoms with E-state index < -0.39 is 21.4 Å². The predicted octanol–water partition coefficient (Wildman–Crippen LogP) is 5.17. The maximum Gasteiger partial charge on any atom is 2.00 e. The van der Waals surface area contributed by atoms with Crippen molar-refractivity contribution in [3.8, 4) is 0 Å². The van der Waals surface area contributed by atoms with Crippen LogP contribution in [0.3, 0.4) is 0 Å². The van der Waals surface area contributed by atoms with Crippen molar-refractivity contribution in [1.82, 2.24) is 0 Å². The number of hydrogen-bond donors (Lipinski definition) is 0. The summed E-state index contributed by atoms with van der Waals surface area (Å²) in [5, 5.41) is 4.48. The summed E-state index contributed by atoms with van der Waals surface area (Å²) < 4.78 is 25.9. The van der Waals surface area contributed by atoms with Crippen molar-refractivity contribution < 1.29 is 54.9 Å². The second-order valence-electron chi connectivity index (χ2n) is 12.6. The van der Waals surface area contributed by atoms with E-state index in [4.69, 9.17) is 54.9 Å². The zero-order chi connectivity index (χ0) is 30.3. The van der Waals surface area contributed by atoms with Gasteiger partial charge in [-0.2, -0.15) is 0 Å². The predicted molar refractivity (Wildman–Crippen MR) is 184 cm³/mol. The molecule has 4 aliphatic rings. The molecule has 0 heterocycles. The van der Waals surface area contributed by atoms with Gasteiger partial charge in [0.2, 0.25) is 0 Å². The minimum atomic E-state index is -3.11. The van der Waals surface area contributed by atoms with Gasteiger partial charge in [-0.1, -0.05) is 88.0 Å². The fourth-order valence-corrected chi connectivity index (χ4v) is 11.8. The maximum atomic E-state index is 6.72. The van der Waals surface area contributed by atoms with Crippen LogP contribution < -0.4 is 24.8 Å². The molecule has 0 amide bonds. The summed E-state index contributed by atoms with van der Waals surface area (Å²) in [6.07, 6.45) is 19.1. The first kappa shape index (κ1) is 49.9. The topological polar surface area (TPSA) is 36.9 Å². The van der Waals surface area contributed by atoms with Gasteiger partial charge in [-0.05, 0) is 76.0 Å². The first-order valence-electron chi connectivity index (χ1n) is 16.9. The van der Waals surface area contributed by atoms with Crippen LogP contribution >= 0.6 is 37.2 Å². The molecule has 0 bridgehead atoms. The summed E-state index contributed by atoms with van der Waals surface area (Å²) in [5.41, 5.74) is 0. The average molecular weight is 824 g/mol. The number of halogens is 6. The molecule has 14 heteroatoms. The molecule has 0 radical (unpaired) electrons. The summed E-state index contributed by atoms with van der Waals surface area (Å²) in [5.74, 6) is 3.55. The first-order chi connectivity index (χ1) is 19.6. The molecule has 6 unspecified atom stereocenters. The van der Waals surface area contributed by atoms with Crippen LogP contribution in [0.1, 0.15) is 125 Å². The summed E-state index contributed by atoms with van der Waals surface area (Å²) in [6, 6.07) is 0. The summed E-state index contributed by atoms with van der Waals surface area (Å²) in [7, 11) is 17.0. The standard InChI is InChI=1S/C24H44O4Si.3C2H5.Al.6ClH.Mg.Ti/c1-3-25-29(26-4-2,27-23-15-13-19-9-5-7-11-21(19)17-23)28-24-16-14-20-10-6-8-12-22(20)18-24;3*1-2;;;;;;;;;/h19-24H,3-18H2,1-2H3;3*1H2,2H3;;6*1H;;/q;;;;;;;;;;;+2;+4/p-6. The van der Waals surface area contributed by atoms with Crippen LogP contribution in [0, 0.1) is 23.7 Å². The minimum Gasteiger partial charge on any atom is 2.00 e. The number of hydrogen-bond acceptors (Lipinski definition) is 4. The van der Waals surface area contributed by atoms with Crippen LogP contribution in [0.5, 0.6) is 0 Å². The Morgan fingerprint density at radius 3 is 1.16 bits per heavy atom. The van der Waals surface area contributed by atoms with Gasteiger partial charge >= 0.3 is 81.7 Å². The van der Waals surface area contributed by atoms with Crippen molar-refractivity contribution in [2.24, 2.45) is 23.7 Å². The zero-order valence-corrected chi connectivity index (χ0v) is 37.8. The molecule has 258 valence electrons. The second kappa shape index (κ2) is 27.5. The molecule has 4 rings (SSSR count). The molecule has 0 aromatic carbocycles. The maximum absolute atomic E-state index is 6.72. The molecule has 0 aromatic rings. The van der Waals surface area contributed by atoms with Crippen LogP contribution in [0.15, 0.2) is 0 Å². The molecule has 6 atom stereocenters. The average Bonchev–Trinajstić information content (AvgIpc) is 2.94. The molecule has 4 aliphatic carbocycles. The molecule has 0 spiro atoms. The molecule has 0 aromatic heterocycles. The normalized spacial score (nSPS) is 28.0. The molecule has 0 aliphatic heterocycles. The Hall–Kier alpha value is 3.81. The van der Waals surface area contributed by atoms with Crippen LogP contribution in [-0.4, -0.2) is 71.7 Å². The van der Waals surface area contributed by atoms with Crippen LogP contribution in [0.4, 0.5) is 0 Å². The van der Waals surface area contributed by atoms with Crippen LogP contribution in [0.25, 0.3) is 0 Å². The third kappa shape index (κ3) is 20.0. The molecular weight excluding hydrogens is 764 g/mol. The van der Waals surface area contributed by atoms with Gasteiger partial charge in [0.05, 0.1) is 12.2 Å². The van der Waals surface area contributed by atoms with E-state index in [9.17, 15) is 0 Å². The van der Waals surface area contributed by atoms with E-state index in [1.807, 2.05) is 13.8 Å². The SMILES string of the molecule is CCO[Si](OCC)(OC1CCC2CCCCC2C1)OC1CCC2CCCCC2C1.C[CH2][Al]([CH2]C)[CH2]C.[Cl-].[Cl-].[Cl][Ti]([Cl])([Cl])[Cl].[Mg+2]. The van der Waals surface area contributed by atoms with Crippen molar-refractivity contribution in [1.29, 1.82) is 0 Å². The summed E-state index contributed by atoms with van der Waals surface area (Å²) in [4.78, 5) is 0. The first-order valence-corrected chi connectivity index (χ1v) is 29.6. The smallest absolute Gasteiger partial charge is 2.00 e. The van der Waals surface area contributed by atoms with Gasteiger partial charge in [0.15, 0.2) is 0 Å². The minimum absolute atomic E-state index is 0. The van der Waals surface area contributed by atoms with E-state index in [2.05, 4.69) is 20.8 Å². The summed E-state index contributed by atoms with van der Waals surface area (Å²) in [6.45, 7) is 12.3. The quantitative estimate of drug-likeness (QED) is 0.270. The van der Waals surface area contributed by atoms with Gasteiger partial charge in [-0.3, -0.25) is 0 Å². The molecule has 0 saturated heterocycles. The molecule has 44 heavy (non-hydrogen) atoms. The van der Waals surface area contributed by atoms with E-state index in [-0.39, 0.29) is 74.2 Å². The monoisotopic (exact) mass is 820 g/mol. The fraction of sp³-hybridized carbons (Fsp3) is 1.00. The molecule has 4 fully saturated rings. The molecule has 0 N–H and O–H groups in total. The Kier molecular flexibility index (Phi) is 31.2. The third-order valence-electron chi connectivity index (χ3n) is 9.98. The van der Waals surface area contributed by atoms with Gasteiger partial charge < -0.3 is 42.5 Å². The van der Waals surface area contributed by atoms with Crippen LogP contribution in [-0.2, 0) is 30.0 Å². The van der Waals surface area contributed by atoms with Crippen molar-refractivity contribution >= 4 is 83.5 Å². The Bertz CT molecular complexity index is 649. The second-order valence-corrected chi connectivity index (χ2v) is 34.3. The number of rotatable bonds is 11. The third-order valence-corrected chi connectivity index (χ3v) is 16.0. The van der Waals surface area contributed by atoms with Crippen molar-refractivity contribution in [3.05, 3.63) is 0 Å². The summed E-state index contributed by atoms with van der Waals surface area (Å²) >= 11 is -3.28. The molecular formula is C30H59AlCl6MgO4SiTi. The Balaban J connectivity index is 0. The van der Waals surface area contributed by atoms with Crippen molar-refractivity contribution in [3.63, 3.8) is 0 Å². The Morgan fingerprint density at radius 1 is 0.568 bits per heavy atom. The van der Waals surface area contributed by atoms with Gasteiger partial charge in [0, 0.05) is 13.2 Å². The van der Waals surface area contributed by atoms with Crippen molar-refractivity contribution in [2.45, 2.75) is 153 Å². The largest absolute Gasteiger partial charge is 2.00 e. The molecule has 4 saturated carbocycles. The van der Waals surface area contributed by atoms with E-state index in [0.29, 0.717) is 13.2 Å². The van der Waals surface area contributed by atoms with E-state index in [1.54, 1.807) is 0 Å². The van der Waals surface area contributed by atoms with E-state index in [0.717, 1.165) is 36.5 Å². The van der Waals surface area contributed by atoms with E-state index >= 15 is 0 Å². The van der Waals surface area contributed by atoms with Gasteiger partial charge in [0.1, 0.15) is 0 Å². The van der Waals surface area contributed by atoms with Gasteiger partial charge in [0.25, 0.3) is 14.1 Å². The number of fused-ring (bicyclic) bond motifs is 2. The zero-order valence-electron chi connectivity index (χ0n) is 28.1. The van der Waals surface area contributed by atoms with Gasteiger partial charge in [-0.15, -0.1) is 0 Å². The molecule has 4 nitrogen and oxygen atoms in total. The van der Waals surface area contributed by atoms with Crippen LogP contribution in [0.2, 0.25) is 15.8 Å². The Morgan fingerprint density at radius 2 is 0.886 bits per heavy atom.